The third-order valence-electron chi connectivity index (χ3n) is 3.40. The molecule has 21 heavy (non-hydrogen) atoms. The summed E-state index contributed by atoms with van der Waals surface area (Å²) in [4.78, 5) is 10.2. The standard InChI is InChI=1S/C10H16N4O5S2/c11-12-10-8(14(16)17)5-9(20-10)21(18,19)13-3-1-7(6-13)2-4-15/h5,7,12,15H,1-4,6,11H2. The van der Waals surface area contributed by atoms with E-state index in [-0.39, 0.29) is 27.4 Å². The van der Waals surface area contributed by atoms with Crippen LogP contribution in [0.4, 0.5) is 10.7 Å². The molecule has 1 aliphatic heterocycles. The molecule has 1 fully saturated rings. The lowest BCUT2D eigenvalue weighted by molar-refractivity contribution is -0.383. The first kappa shape index (κ1) is 16.1. The molecule has 0 radical (unpaired) electrons. The molecular weight excluding hydrogens is 320 g/mol. The van der Waals surface area contributed by atoms with Crippen LogP contribution in [0.2, 0.25) is 0 Å². The molecule has 0 amide bonds. The Kier molecular flexibility index (Phi) is 4.78. The highest BCUT2D eigenvalue weighted by Gasteiger charge is 2.35. The third-order valence-corrected chi connectivity index (χ3v) is 6.77. The van der Waals surface area contributed by atoms with Crippen LogP contribution >= 0.6 is 11.3 Å². The number of hydrogen-bond acceptors (Lipinski definition) is 8. The minimum atomic E-state index is -3.76. The van der Waals surface area contributed by atoms with Gasteiger partial charge >= 0.3 is 5.69 Å². The van der Waals surface area contributed by atoms with E-state index in [0.29, 0.717) is 25.9 Å². The molecule has 0 aliphatic carbocycles. The predicted octanol–water partition coefficient (Wildman–Crippen LogP) is 0.335. The Morgan fingerprint density at radius 2 is 2.33 bits per heavy atom. The predicted molar refractivity (Wildman–Crippen MR) is 77.4 cm³/mol. The van der Waals surface area contributed by atoms with E-state index in [1.807, 2.05) is 0 Å². The van der Waals surface area contributed by atoms with Crippen molar-refractivity contribution >= 4 is 32.0 Å². The maximum atomic E-state index is 12.5. The Hall–Kier alpha value is -1.27. The van der Waals surface area contributed by atoms with E-state index in [4.69, 9.17) is 10.9 Å². The average Bonchev–Trinajstić information content (AvgIpc) is 3.05. The van der Waals surface area contributed by atoms with Gasteiger partial charge in [-0.15, -0.1) is 0 Å². The van der Waals surface area contributed by atoms with Crippen LogP contribution in [0.3, 0.4) is 0 Å². The van der Waals surface area contributed by atoms with Crippen molar-refractivity contribution in [1.29, 1.82) is 0 Å². The number of nitrogen functional groups attached to an aromatic ring is 1. The van der Waals surface area contributed by atoms with Crippen molar-refractivity contribution in [2.75, 3.05) is 25.1 Å². The molecule has 1 unspecified atom stereocenters. The zero-order valence-electron chi connectivity index (χ0n) is 11.1. The van der Waals surface area contributed by atoms with Gasteiger partial charge in [0.25, 0.3) is 10.0 Å². The molecule has 0 saturated carbocycles. The van der Waals surface area contributed by atoms with Crippen molar-refractivity contribution in [3.05, 3.63) is 16.2 Å². The lowest BCUT2D eigenvalue weighted by Crippen LogP contribution is -2.28. The van der Waals surface area contributed by atoms with Crippen LogP contribution in [0.25, 0.3) is 0 Å². The molecule has 1 aromatic rings. The summed E-state index contributed by atoms with van der Waals surface area (Å²) < 4.78 is 26.1. The highest BCUT2D eigenvalue weighted by atomic mass is 32.2. The molecule has 2 heterocycles. The number of nitrogens with one attached hydrogen (secondary N) is 1. The summed E-state index contributed by atoms with van der Waals surface area (Å²) in [5, 5.41) is 19.8. The number of thiophene rings is 1. The Bertz CT molecular complexity index is 629. The van der Waals surface area contributed by atoms with E-state index >= 15 is 0 Å². The average molecular weight is 336 g/mol. The van der Waals surface area contributed by atoms with Gasteiger partial charge in [-0.25, -0.2) is 14.3 Å². The first-order chi connectivity index (χ1) is 9.90. The minimum Gasteiger partial charge on any atom is -0.396 e. The number of nitrogens with zero attached hydrogens (tertiary/aromatic N) is 2. The Balaban J connectivity index is 2.26. The van der Waals surface area contributed by atoms with Gasteiger partial charge in [-0.3, -0.25) is 10.1 Å². The van der Waals surface area contributed by atoms with Crippen molar-refractivity contribution in [3.63, 3.8) is 0 Å². The van der Waals surface area contributed by atoms with Crippen LogP contribution in [0.5, 0.6) is 0 Å². The van der Waals surface area contributed by atoms with Crippen LogP contribution in [-0.4, -0.2) is 42.4 Å². The minimum absolute atomic E-state index is 0.00433. The number of hydrogen-bond donors (Lipinski definition) is 3. The van der Waals surface area contributed by atoms with Crippen LogP contribution in [0.15, 0.2) is 10.3 Å². The largest absolute Gasteiger partial charge is 0.396 e. The molecule has 1 saturated heterocycles. The van der Waals surface area contributed by atoms with E-state index in [1.54, 1.807) is 0 Å². The summed E-state index contributed by atoms with van der Waals surface area (Å²) in [5.41, 5.74) is 1.80. The lowest BCUT2D eigenvalue weighted by Gasteiger charge is -2.14. The molecule has 0 bridgehead atoms. The number of nitro groups is 1. The highest BCUT2D eigenvalue weighted by Crippen LogP contribution is 2.38. The zero-order valence-corrected chi connectivity index (χ0v) is 12.7. The van der Waals surface area contributed by atoms with Crippen molar-refractivity contribution in [1.82, 2.24) is 4.31 Å². The fraction of sp³-hybridized carbons (Fsp3) is 0.600. The molecular formula is C10H16N4O5S2. The van der Waals surface area contributed by atoms with Gasteiger partial charge in [0, 0.05) is 25.8 Å². The number of hydrazine groups is 1. The molecule has 0 aromatic carbocycles. The molecule has 0 spiro atoms. The Labute approximate surface area is 125 Å². The van der Waals surface area contributed by atoms with Gasteiger partial charge in [-0.2, -0.15) is 4.31 Å². The smallest absolute Gasteiger partial charge is 0.306 e. The zero-order chi connectivity index (χ0) is 15.6. The lowest BCUT2D eigenvalue weighted by atomic mass is 10.1. The monoisotopic (exact) mass is 336 g/mol. The van der Waals surface area contributed by atoms with Crippen LogP contribution in [0.1, 0.15) is 12.8 Å². The van der Waals surface area contributed by atoms with E-state index in [1.165, 1.54) is 4.31 Å². The summed E-state index contributed by atoms with van der Waals surface area (Å²) >= 11 is 0.739. The molecule has 4 N–H and O–H groups in total. The number of aliphatic hydroxyl groups is 1. The molecule has 1 aromatic heterocycles. The Morgan fingerprint density at radius 3 is 2.86 bits per heavy atom. The van der Waals surface area contributed by atoms with Gasteiger partial charge in [-0.1, -0.05) is 11.3 Å². The molecule has 1 atom stereocenters. The number of sulfonamides is 1. The maximum absolute atomic E-state index is 12.5. The second-order valence-corrected chi connectivity index (χ2v) is 7.93. The van der Waals surface area contributed by atoms with E-state index in [0.717, 1.165) is 17.4 Å². The van der Waals surface area contributed by atoms with Crippen molar-refractivity contribution < 1.29 is 18.4 Å². The highest BCUT2D eigenvalue weighted by molar-refractivity contribution is 7.91. The summed E-state index contributed by atoms with van der Waals surface area (Å²) in [6.45, 7) is 0.689. The number of aliphatic hydroxyl groups excluding tert-OH is 1. The Morgan fingerprint density at radius 1 is 1.62 bits per heavy atom. The molecule has 9 nitrogen and oxygen atoms in total. The normalized spacial score (nSPS) is 19.8. The van der Waals surface area contributed by atoms with Crippen LogP contribution < -0.4 is 11.3 Å². The summed E-state index contributed by atoms with van der Waals surface area (Å²) in [6.07, 6.45) is 1.22. The maximum Gasteiger partial charge on any atom is 0.306 e. The third kappa shape index (κ3) is 3.16. The second-order valence-electron chi connectivity index (χ2n) is 4.71. The van der Waals surface area contributed by atoms with Gasteiger partial charge in [0.1, 0.15) is 4.21 Å². The van der Waals surface area contributed by atoms with Gasteiger partial charge in [-0.05, 0) is 18.8 Å². The van der Waals surface area contributed by atoms with Gasteiger partial charge in [0.05, 0.1) is 4.92 Å². The second kappa shape index (κ2) is 6.23. The molecule has 118 valence electrons. The van der Waals surface area contributed by atoms with Gasteiger partial charge in [0.2, 0.25) is 0 Å². The van der Waals surface area contributed by atoms with Crippen LogP contribution in [0, 0.1) is 16.0 Å². The van der Waals surface area contributed by atoms with Crippen LogP contribution in [-0.2, 0) is 10.0 Å². The summed E-state index contributed by atoms with van der Waals surface area (Å²) in [7, 11) is -3.76. The SMILES string of the molecule is NNc1sc(S(=O)(=O)N2CCC(CCO)C2)cc1[N+](=O)[O-]. The van der Waals surface area contributed by atoms with Crippen molar-refractivity contribution in [3.8, 4) is 0 Å². The van der Waals surface area contributed by atoms with Crippen molar-refractivity contribution in [2.45, 2.75) is 17.1 Å². The number of anilines is 1. The topological polar surface area (TPSA) is 139 Å². The first-order valence-electron chi connectivity index (χ1n) is 6.26. The quantitative estimate of drug-likeness (QED) is 0.386. The fourth-order valence-electron chi connectivity index (χ4n) is 2.29. The van der Waals surface area contributed by atoms with Crippen molar-refractivity contribution in [2.24, 2.45) is 11.8 Å². The van der Waals surface area contributed by atoms with E-state index in [2.05, 4.69) is 5.43 Å². The van der Waals surface area contributed by atoms with Gasteiger partial charge < -0.3 is 10.5 Å². The van der Waals surface area contributed by atoms with Gasteiger partial charge in [0.15, 0.2) is 5.00 Å². The number of rotatable bonds is 6. The first-order valence-corrected chi connectivity index (χ1v) is 8.51. The molecule has 1 aliphatic rings. The molecule has 11 heteroatoms. The van der Waals surface area contributed by atoms with E-state index < -0.39 is 14.9 Å². The summed E-state index contributed by atoms with van der Waals surface area (Å²) in [5.74, 6) is 5.30. The fourth-order valence-corrected chi connectivity index (χ4v) is 5.21. The summed E-state index contributed by atoms with van der Waals surface area (Å²) in [6, 6.07) is 1.02. The van der Waals surface area contributed by atoms with E-state index in [9.17, 15) is 18.5 Å². The number of nitrogens with two attached hydrogens (primary N) is 1. The molecule has 2 rings (SSSR count).